The second-order valence-corrected chi connectivity index (χ2v) is 7.28. The number of non-ortho nitro benzene ring substituents is 1. The molecule has 3 heterocycles. The van der Waals surface area contributed by atoms with Crippen molar-refractivity contribution in [2.45, 2.75) is 12.1 Å². The molecule has 9 heteroatoms. The van der Waals surface area contributed by atoms with Gasteiger partial charge in [0.15, 0.2) is 5.11 Å². The van der Waals surface area contributed by atoms with Crippen molar-refractivity contribution in [3.63, 3.8) is 0 Å². The SMILES string of the molecule is COCCN1C(=S)NC(c2ccccn2)C1c1cccn1-c1ccc([N+](=O)[O-])cc1. The lowest BCUT2D eigenvalue weighted by molar-refractivity contribution is -0.384. The quantitative estimate of drug-likeness (QED) is 0.354. The molecule has 8 nitrogen and oxygen atoms in total. The van der Waals surface area contributed by atoms with Crippen molar-refractivity contribution in [1.29, 1.82) is 0 Å². The van der Waals surface area contributed by atoms with E-state index in [1.54, 1.807) is 25.4 Å². The Kier molecular flexibility index (Phi) is 5.73. The van der Waals surface area contributed by atoms with Crippen LogP contribution in [0.25, 0.3) is 5.69 Å². The van der Waals surface area contributed by atoms with Gasteiger partial charge in [-0.05, 0) is 48.6 Å². The van der Waals surface area contributed by atoms with Crippen LogP contribution >= 0.6 is 12.2 Å². The second-order valence-electron chi connectivity index (χ2n) is 6.89. The molecule has 1 N–H and O–H groups in total. The molecule has 0 bridgehead atoms. The maximum Gasteiger partial charge on any atom is 0.269 e. The summed E-state index contributed by atoms with van der Waals surface area (Å²) in [7, 11) is 1.66. The van der Waals surface area contributed by atoms with Crippen LogP contribution in [0.5, 0.6) is 0 Å². The monoisotopic (exact) mass is 423 g/mol. The summed E-state index contributed by atoms with van der Waals surface area (Å²) in [5.41, 5.74) is 2.79. The van der Waals surface area contributed by atoms with Gasteiger partial charge in [0, 0.05) is 49.6 Å². The average Bonchev–Trinajstić information content (AvgIpc) is 3.37. The van der Waals surface area contributed by atoms with Gasteiger partial charge < -0.3 is 19.5 Å². The van der Waals surface area contributed by atoms with Crippen LogP contribution in [0, 0.1) is 10.1 Å². The van der Waals surface area contributed by atoms with Gasteiger partial charge in [0.05, 0.1) is 29.3 Å². The zero-order chi connectivity index (χ0) is 21.1. The number of hydrogen-bond acceptors (Lipinski definition) is 5. The van der Waals surface area contributed by atoms with E-state index in [1.165, 1.54) is 12.1 Å². The minimum atomic E-state index is -0.400. The Morgan fingerprint density at radius 3 is 2.67 bits per heavy atom. The molecule has 2 aromatic heterocycles. The first-order valence-electron chi connectivity index (χ1n) is 9.49. The van der Waals surface area contributed by atoms with E-state index in [0.717, 1.165) is 17.1 Å². The van der Waals surface area contributed by atoms with Gasteiger partial charge in [0.25, 0.3) is 5.69 Å². The molecule has 0 radical (unpaired) electrons. The van der Waals surface area contributed by atoms with Gasteiger partial charge in [-0.3, -0.25) is 15.1 Å². The van der Waals surface area contributed by atoms with E-state index in [1.807, 2.05) is 41.1 Å². The van der Waals surface area contributed by atoms with Crippen LogP contribution < -0.4 is 5.32 Å². The number of hydrogen-bond donors (Lipinski definition) is 1. The number of rotatable bonds is 7. The molecule has 2 atom stereocenters. The highest BCUT2D eigenvalue weighted by Gasteiger charge is 2.41. The summed E-state index contributed by atoms with van der Waals surface area (Å²) in [6.07, 6.45) is 3.71. The lowest BCUT2D eigenvalue weighted by Crippen LogP contribution is -2.33. The van der Waals surface area contributed by atoms with Gasteiger partial charge in [-0.15, -0.1) is 0 Å². The fraction of sp³-hybridized carbons (Fsp3) is 0.238. The molecule has 3 aromatic rings. The van der Waals surface area contributed by atoms with Gasteiger partial charge >= 0.3 is 0 Å². The van der Waals surface area contributed by atoms with Gasteiger partial charge in [0.2, 0.25) is 0 Å². The molecule has 0 spiro atoms. The molecule has 2 unspecified atom stereocenters. The summed E-state index contributed by atoms with van der Waals surface area (Å²) in [5, 5.41) is 15.1. The van der Waals surface area contributed by atoms with E-state index in [2.05, 4.69) is 15.2 Å². The van der Waals surface area contributed by atoms with Crippen molar-refractivity contribution < 1.29 is 9.66 Å². The number of thiocarbonyl (C=S) groups is 1. The first-order chi connectivity index (χ1) is 14.6. The normalized spacial score (nSPS) is 18.4. The first kappa shape index (κ1) is 20.0. The van der Waals surface area contributed by atoms with Crippen LogP contribution in [0.15, 0.2) is 67.0 Å². The van der Waals surface area contributed by atoms with E-state index in [0.29, 0.717) is 18.3 Å². The number of nitrogens with zero attached hydrogens (tertiary/aromatic N) is 4. The van der Waals surface area contributed by atoms with Crippen LogP contribution in [0.3, 0.4) is 0 Å². The number of methoxy groups -OCH3 is 1. The van der Waals surface area contributed by atoms with E-state index in [4.69, 9.17) is 17.0 Å². The van der Waals surface area contributed by atoms with Crippen molar-refractivity contribution in [3.8, 4) is 5.69 Å². The molecular weight excluding hydrogens is 402 g/mol. The molecule has 1 aromatic carbocycles. The van der Waals surface area contributed by atoms with Crippen LogP contribution in [-0.4, -0.2) is 44.7 Å². The molecule has 1 fully saturated rings. The summed E-state index contributed by atoms with van der Waals surface area (Å²) in [6.45, 7) is 1.16. The van der Waals surface area contributed by atoms with Crippen molar-refractivity contribution in [1.82, 2.24) is 19.8 Å². The Hall–Kier alpha value is -3.30. The number of benzene rings is 1. The predicted molar refractivity (Wildman–Crippen MR) is 116 cm³/mol. The number of pyridine rings is 1. The fourth-order valence-corrected chi connectivity index (χ4v) is 4.09. The largest absolute Gasteiger partial charge is 0.383 e. The molecule has 0 aliphatic carbocycles. The van der Waals surface area contributed by atoms with Crippen LogP contribution in [0.1, 0.15) is 23.5 Å². The van der Waals surface area contributed by atoms with E-state index < -0.39 is 4.92 Å². The molecule has 1 aliphatic rings. The molecule has 1 saturated heterocycles. The van der Waals surface area contributed by atoms with Gasteiger partial charge in [-0.25, -0.2) is 0 Å². The molecule has 30 heavy (non-hydrogen) atoms. The minimum Gasteiger partial charge on any atom is -0.383 e. The lowest BCUT2D eigenvalue weighted by Gasteiger charge is -2.28. The lowest BCUT2D eigenvalue weighted by atomic mass is 10.0. The highest BCUT2D eigenvalue weighted by atomic mass is 32.1. The molecule has 1 aliphatic heterocycles. The summed E-state index contributed by atoms with van der Waals surface area (Å²) in [5.74, 6) is 0. The minimum absolute atomic E-state index is 0.0595. The Morgan fingerprint density at radius 1 is 1.20 bits per heavy atom. The van der Waals surface area contributed by atoms with Crippen molar-refractivity contribution in [2.75, 3.05) is 20.3 Å². The smallest absolute Gasteiger partial charge is 0.269 e. The number of nitro groups is 1. The first-order valence-corrected chi connectivity index (χ1v) is 9.90. The third-order valence-electron chi connectivity index (χ3n) is 5.16. The van der Waals surface area contributed by atoms with Crippen LogP contribution in [0.2, 0.25) is 0 Å². The Bertz CT molecular complexity index is 1040. The standard InChI is InChI=1S/C21H21N5O3S/c1-29-14-13-25-20(19(23-21(25)30)17-5-2-3-11-22-17)18-6-4-12-24(18)15-7-9-16(10-8-15)26(27)28/h2-12,19-20H,13-14H2,1H3,(H,23,30). The van der Waals surface area contributed by atoms with Crippen molar-refractivity contribution in [3.05, 3.63) is 88.5 Å². The highest BCUT2D eigenvalue weighted by molar-refractivity contribution is 7.80. The Morgan fingerprint density at radius 2 is 2.00 bits per heavy atom. The van der Waals surface area contributed by atoms with E-state index in [9.17, 15) is 10.1 Å². The van der Waals surface area contributed by atoms with E-state index >= 15 is 0 Å². The van der Waals surface area contributed by atoms with Crippen LogP contribution in [0.4, 0.5) is 5.69 Å². The summed E-state index contributed by atoms with van der Waals surface area (Å²) in [6, 6.07) is 16.1. The maximum atomic E-state index is 11.0. The number of ether oxygens (including phenoxy) is 1. The van der Waals surface area contributed by atoms with Crippen molar-refractivity contribution >= 4 is 23.0 Å². The van der Waals surface area contributed by atoms with Crippen molar-refractivity contribution in [2.24, 2.45) is 0 Å². The summed E-state index contributed by atoms with van der Waals surface area (Å²) < 4.78 is 7.32. The van der Waals surface area contributed by atoms with E-state index in [-0.39, 0.29) is 17.8 Å². The zero-order valence-corrected chi connectivity index (χ0v) is 17.2. The van der Waals surface area contributed by atoms with Gasteiger partial charge in [0.1, 0.15) is 0 Å². The Balaban J connectivity index is 1.76. The molecule has 0 amide bonds. The second kappa shape index (κ2) is 8.60. The summed E-state index contributed by atoms with van der Waals surface area (Å²) >= 11 is 5.63. The topological polar surface area (TPSA) is 85.5 Å². The highest BCUT2D eigenvalue weighted by Crippen LogP contribution is 2.39. The fourth-order valence-electron chi connectivity index (χ4n) is 3.76. The van der Waals surface area contributed by atoms with Gasteiger partial charge in [-0.2, -0.15) is 0 Å². The Labute approximate surface area is 179 Å². The molecule has 4 rings (SSSR count). The zero-order valence-electron chi connectivity index (χ0n) is 16.3. The molecule has 0 saturated carbocycles. The predicted octanol–water partition coefficient (Wildman–Crippen LogP) is 3.40. The third kappa shape index (κ3) is 3.77. The average molecular weight is 423 g/mol. The number of nitrogens with one attached hydrogen (secondary N) is 1. The third-order valence-corrected chi connectivity index (χ3v) is 5.51. The van der Waals surface area contributed by atoms with Crippen LogP contribution in [-0.2, 0) is 4.74 Å². The summed E-state index contributed by atoms with van der Waals surface area (Å²) in [4.78, 5) is 17.3. The maximum absolute atomic E-state index is 11.0. The van der Waals surface area contributed by atoms with Gasteiger partial charge in [-0.1, -0.05) is 6.07 Å². The number of aromatic nitrogens is 2. The molecular formula is C21H21N5O3S. The number of nitro benzene ring substituents is 1. The molecule has 154 valence electrons.